The van der Waals surface area contributed by atoms with Crippen LogP contribution >= 0.6 is 11.8 Å². The Hall–Kier alpha value is -3.46. The molecule has 1 aliphatic rings. The molecule has 4 rings (SSSR count). The zero-order valence-corrected chi connectivity index (χ0v) is 18.8. The maximum Gasteiger partial charge on any atom is 0.310 e. The first-order chi connectivity index (χ1) is 15.5. The van der Waals surface area contributed by atoms with Gasteiger partial charge in [-0.15, -0.1) is 10.2 Å². The van der Waals surface area contributed by atoms with Gasteiger partial charge in [-0.2, -0.15) is 4.98 Å². The van der Waals surface area contributed by atoms with Crippen LogP contribution in [0, 0.1) is 0 Å². The molecule has 32 heavy (non-hydrogen) atoms. The number of anilines is 1. The van der Waals surface area contributed by atoms with Gasteiger partial charge in [0, 0.05) is 24.0 Å². The number of aromatic nitrogens is 3. The zero-order chi connectivity index (χ0) is 22.7. The molecule has 0 saturated carbocycles. The number of amides is 1. The van der Waals surface area contributed by atoms with Crippen LogP contribution in [0.4, 0.5) is 5.69 Å². The van der Waals surface area contributed by atoms with E-state index in [0.717, 1.165) is 0 Å². The molecule has 1 amide bonds. The molecule has 1 aliphatic heterocycles. The first-order valence-electron chi connectivity index (χ1n) is 10.2. The molecule has 0 fully saturated rings. The fourth-order valence-electron chi connectivity index (χ4n) is 3.39. The minimum absolute atomic E-state index is 0.135. The number of nitrogens with zero attached hydrogens (tertiary/aromatic N) is 4. The van der Waals surface area contributed by atoms with Gasteiger partial charge in [-0.1, -0.05) is 55.9 Å². The summed E-state index contributed by atoms with van der Waals surface area (Å²) in [5.41, 5.74) is 2.45. The summed E-state index contributed by atoms with van der Waals surface area (Å²) in [7, 11) is 0. The van der Waals surface area contributed by atoms with Gasteiger partial charge in [0.2, 0.25) is 23.2 Å². The Morgan fingerprint density at radius 1 is 1.09 bits per heavy atom. The van der Waals surface area contributed by atoms with Crippen LogP contribution in [0.2, 0.25) is 0 Å². The van der Waals surface area contributed by atoms with E-state index in [1.165, 1.54) is 11.8 Å². The third-order valence-corrected chi connectivity index (χ3v) is 5.47. The summed E-state index contributed by atoms with van der Waals surface area (Å²) in [6, 6.07) is 14.4. The Labute approximate surface area is 190 Å². The average Bonchev–Trinajstić information content (AvgIpc) is 2.97. The summed E-state index contributed by atoms with van der Waals surface area (Å²) in [6.45, 7) is 3.52. The number of carbonyl (C=O) groups excluding carboxylic acids is 2. The van der Waals surface area contributed by atoms with Crippen LogP contribution in [0.15, 0.2) is 53.7 Å². The third kappa shape index (κ3) is 4.16. The number of esters is 1. The molecule has 164 valence electrons. The van der Waals surface area contributed by atoms with Crippen LogP contribution < -0.4 is 14.4 Å². The molecule has 0 N–H and O–H groups in total. The van der Waals surface area contributed by atoms with Crippen molar-refractivity contribution < 1.29 is 19.1 Å². The number of ether oxygens (including phenoxy) is 2. The lowest BCUT2D eigenvalue weighted by atomic mass is 10.1. The minimum atomic E-state index is -0.837. The Kier molecular flexibility index (Phi) is 6.36. The predicted octanol–water partition coefficient (Wildman–Crippen LogP) is 4.41. The quantitative estimate of drug-likeness (QED) is 0.320. The minimum Gasteiger partial charge on any atom is -0.447 e. The van der Waals surface area contributed by atoms with Crippen molar-refractivity contribution in [2.75, 3.05) is 11.2 Å². The molecule has 2 heterocycles. The Morgan fingerprint density at radius 2 is 1.91 bits per heavy atom. The normalized spacial score (nSPS) is 14.6. The van der Waals surface area contributed by atoms with E-state index in [1.807, 2.05) is 36.6 Å². The fourth-order valence-corrected chi connectivity index (χ4v) is 3.69. The van der Waals surface area contributed by atoms with Crippen molar-refractivity contribution >= 4 is 29.3 Å². The maximum absolute atomic E-state index is 13.1. The van der Waals surface area contributed by atoms with Gasteiger partial charge >= 0.3 is 5.97 Å². The second-order valence-corrected chi connectivity index (χ2v) is 7.73. The van der Waals surface area contributed by atoms with E-state index in [9.17, 15) is 9.59 Å². The molecule has 0 spiro atoms. The van der Waals surface area contributed by atoms with E-state index in [-0.39, 0.29) is 30.6 Å². The molecule has 0 unspecified atom stereocenters. The van der Waals surface area contributed by atoms with Crippen molar-refractivity contribution in [3.05, 3.63) is 54.1 Å². The number of fused-ring (bicyclic) bond motifs is 3. The number of benzene rings is 2. The average molecular weight is 451 g/mol. The molecule has 1 aromatic heterocycles. The van der Waals surface area contributed by atoms with Gasteiger partial charge in [0.1, 0.15) is 5.75 Å². The third-order valence-electron chi connectivity index (χ3n) is 4.93. The molecular formula is C23H22N4O4S. The van der Waals surface area contributed by atoms with E-state index in [4.69, 9.17) is 9.47 Å². The SMILES string of the molecule is CCC(=O)Oc1cccc([C@H]2Oc3nc(SC)nnc3-c3ccccc3N2C(=O)CC)c1. The second kappa shape index (κ2) is 9.35. The summed E-state index contributed by atoms with van der Waals surface area (Å²) < 4.78 is 11.7. The molecule has 9 heteroatoms. The van der Waals surface area contributed by atoms with Crippen LogP contribution in [0.25, 0.3) is 11.3 Å². The summed E-state index contributed by atoms with van der Waals surface area (Å²) >= 11 is 1.35. The lowest BCUT2D eigenvalue weighted by Gasteiger charge is -2.30. The van der Waals surface area contributed by atoms with Crippen LogP contribution in [-0.2, 0) is 9.59 Å². The molecular weight excluding hydrogens is 428 g/mol. The van der Waals surface area contributed by atoms with Crippen LogP contribution in [0.1, 0.15) is 38.5 Å². The number of carbonyl (C=O) groups is 2. The van der Waals surface area contributed by atoms with Crippen molar-refractivity contribution in [1.29, 1.82) is 0 Å². The van der Waals surface area contributed by atoms with Gasteiger partial charge in [-0.05, 0) is 24.5 Å². The highest BCUT2D eigenvalue weighted by atomic mass is 32.2. The number of hydrogen-bond donors (Lipinski definition) is 0. The smallest absolute Gasteiger partial charge is 0.310 e. The number of thioether (sulfide) groups is 1. The Bertz CT molecular complexity index is 1170. The summed E-state index contributed by atoms with van der Waals surface area (Å²) in [5, 5.41) is 8.96. The predicted molar refractivity (Wildman–Crippen MR) is 121 cm³/mol. The Balaban J connectivity index is 1.90. The molecule has 2 aromatic carbocycles. The van der Waals surface area contributed by atoms with Crippen LogP contribution in [-0.4, -0.2) is 33.3 Å². The van der Waals surface area contributed by atoms with Gasteiger partial charge in [0.15, 0.2) is 5.69 Å². The zero-order valence-electron chi connectivity index (χ0n) is 17.9. The molecule has 0 aliphatic carbocycles. The maximum atomic E-state index is 13.1. The van der Waals surface area contributed by atoms with Crippen LogP contribution in [0.3, 0.4) is 0 Å². The van der Waals surface area contributed by atoms with Crippen molar-refractivity contribution in [1.82, 2.24) is 15.2 Å². The van der Waals surface area contributed by atoms with Crippen LogP contribution in [0.5, 0.6) is 11.6 Å². The first kappa shape index (κ1) is 21.8. The monoisotopic (exact) mass is 450 g/mol. The molecule has 0 radical (unpaired) electrons. The second-order valence-electron chi connectivity index (χ2n) is 6.96. The van der Waals surface area contributed by atoms with E-state index in [0.29, 0.717) is 33.4 Å². The lowest BCUT2D eigenvalue weighted by molar-refractivity contribution is -0.134. The molecule has 0 bridgehead atoms. The highest BCUT2D eigenvalue weighted by Crippen LogP contribution is 2.43. The summed E-state index contributed by atoms with van der Waals surface area (Å²) in [4.78, 5) is 31.1. The van der Waals surface area contributed by atoms with Gasteiger partial charge in [0.25, 0.3) is 0 Å². The van der Waals surface area contributed by atoms with Gasteiger partial charge in [-0.3, -0.25) is 14.5 Å². The van der Waals surface area contributed by atoms with Crippen molar-refractivity contribution in [3.8, 4) is 22.9 Å². The standard InChI is InChI=1S/C23H22N4O4S/c1-4-18(28)27-17-12-7-6-11-16(17)20-21(24-23(32-3)26-25-20)31-22(27)14-9-8-10-15(13-14)30-19(29)5-2/h6-13,22H,4-5H2,1-3H3/t22-/m1/s1. The van der Waals surface area contributed by atoms with Gasteiger partial charge in [-0.25, -0.2) is 0 Å². The van der Waals surface area contributed by atoms with Crippen molar-refractivity contribution in [2.24, 2.45) is 0 Å². The first-order valence-corrected chi connectivity index (χ1v) is 11.5. The van der Waals surface area contributed by atoms with Crippen molar-refractivity contribution in [3.63, 3.8) is 0 Å². The molecule has 1 atom stereocenters. The van der Waals surface area contributed by atoms with E-state index in [1.54, 1.807) is 36.9 Å². The van der Waals surface area contributed by atoms with Crippen molar-refractivity contribution in [2.45, 2.75) is 38.1 Å². The van der Waals surface area contributed by atoms with E-state index >= 15 is 0 Å². The lowest BCUT2D eigenvalue weighted by Crippen LogP contribution is -2.37. The molecule has 3 aromatic rings. The molecule has 8 nitrogen and oxygen atoms in total. The van der Waals surface area contributed by atoms with Gasteiger partial charge < -0.3 is 9.47 Å². The number of hydrogen-bond acceptors (Lipinski definition) is 8. The summed E-state index contributed by atoms with van der Waals surface area (Å²) in [6.07, 6.45) is 1.54. The largest absolute Gasteiger partial charge is 0.447 e. The van der Waals surface area contributed by atoms with Gasteiger partial charge in [0.05, 0.1) is 5.69 Å². The highest BCUT2D eigenvalue weighted by molar-refractivity contribution is 7.98. The number of para-hydroxylation sites is 1. The summed E-state index contributed by atoms with van der Waals surface area (Å²) in [5.74, 6) is 0.182. The van der Waals surface area contributed by atoms with E-state index < -0.39 is 6.23 Å². The molecule has 0 saturated heterocycles. The fraction of sp³-hybridized carbons (Fsp3) is 0.261. The van der Waals surface area contributed by atoms with E-state index in [2.05, 4.69) is 15.2 Å². The number of rotatable bonds is 5. The topological polar surface area (TPSA) is 94.5 Å². The highest BCUT2D eigenvalue weighted by Gasteiger charge is 2.35. The Morgan fingerprint density at radius 3 is 2.66 bits per heavy atom.